The molecule has 0 aliphatic carbocycles. The molecule has 0 unspecified atom stereocenters. The third-order valence-corrected chi connectivity index (χ3v) is 22.9. The Balaban J connectivity index is 0.980. The maximum atomic E-state index is 2.46. The molecule has 0 spiro atoms. The zero-order valence-corrected chi connectivity index (χ0v) is 46.3. The van der Waals surface area contributed by atoms with Crippen molar-refractivity contribution in [2.24, 2.45) is 0 Å². The molecule has 0 saturated carbocycles. The van der Waals surface area contributed by atoms with E-state index in [1.165, 1.54) is 74.8 Å². The average molecular weight is 1050 g/mol. The molecule has 0 aliphatic rings. The second-order valence-corrected chi connectivity index (χ2v) is 42.3. The van der Waals surface area contributed by atoms with Crippen molar-refractivity contribution >= 4 is 91.0 Å². The number of nitrogens with zero attached hydrogens (tertiary/aromatic N) is 2. The van der Waals surface area contributed by atoms with Gasteiger partial charge in [0, 0.05) is 0 Å². The molecule has 72 heavy (non-hydrogen) atoms. The Morgan fingerprint density at radius 1 is 0.208 bits per heavy atom. The fourth-order valence-electron chi connectivity index (χ4n) is 10.3. The molecule has 2 nitrogen and oxygen atoms in total. The number of fused-ring (bicyclic) bond motifs is 2. The van der Waals surface area contributed by atoms with Gasteiger partial charge >= 0.3 is 398 Å². The van der Waals surface area contributed by atoms with Crippen molar-refractivity contribution in [3.8, 4) is 44.5 Å². The average Bonchev–Trinajstić information content (AvgIpc) is 3.41. The summed E-state index contributed by atoms with van der Waals surface area (Å²) in [5, 5.41) is 4.96. The predicted molar refractivity (Wildman–Crippen MR) is 319 cm³/mol. The number of hydrogen-bond donors (Lipinski definition) is 0. The zero-order chi connectivity index (χ0) is 49.4. The summed E-state index contributed by atoms with van der Waals surface area (Å²) in [4.78, 5) is 4.79. The topological polar surface area (TPSA) is 6.48 Å². The third kappa shape index (κ3) is 9.45. The van der Waals surface area contributed by atoms with Gasteiger partial charge in [0.2, 0.25) is 0 Å². The van der Waals surface area contributed by atoms with Gasteiger partial charge in [0.05, 0.1) is 0 Å². The second kappa shape index (κ2) is 19.7. The molecule has 0 fully saturated rings. The van der Waals surface area contributed by atoms with Crippen molar-refractivity contribution in [1.82, 2.24) is 0 Å². The summed E-state index contributed by atoms with van der Waals surface area (Å²) in [7, 11) is 0. The van der Waals surface area contributed by atoms with Gasteiger partial charge in [-0.3, -0.25) is 0 Å². The molecular formula is C68H60Ge2N2. The van der Waals surface area contributed by atoms with E-state index in [-0.39, 0.29) is 0 Å². The minimum atomic E-state index is -2.02. The summed E-state index contributed by atoms with van der Waals surface area (Å²) >= 11 is -4.04. The molecular weight excluding hydrogens is 990 g/mol. The molecule has 0 heterocycles. The Morgan fingerprint density at radius 2 is 0.417 bits per heavy atom. The SMILES string of the molecule is [CH3][Ge]([CH3])([CH3])[c]1ccc(N(c2ccc(-c3ccccc3)cc2)c2ccc(-c3c4ccccc4c(-c4ccc(N(c5ccc(-c6ccccc6)cc5)c5cc[c]([Ge]([CH3])([CH3])[CH3])cc5)cc4)c4ccccc34)cc2)cc1. The number of rotatable bonds is 12. The van der Waals surface area contributed by atoms with Crippen molar-refractivity contribution in [2.75, 3.05) is 9.80 Å². The molecule has 0 aliphatic heterocycles. The molecule has 0 amide bonds. The van der Waals surface area contributed by atoms with Gasteiger partial charge in [0.15, 0.2) is 0 Å². The van der Waals surface area contributed by atoms with E-state index in [0.29, 0.717) is 0 Å². The minimum absolute atomic E-state index is 1.12. The van der Waals surface area contributed by atoms with Gasteiger partial charge in [-0.25, -0.2) is 0 Å². The molecule has 11 aromatic rings. The monoisotopic (exact) mass is 1050 g/mol. The molecule has 0 N–H and O–H groups in total. The van der Waals surface area contributed by atoms with E-state index in [0.717, 1.165) is 34.1 Å². The first-order chi connectivity index (χ1) is 35.0. The molecule has 4 heteroatoms. The van der Waals surface area contributed by atoms with E-state index in [1.54, 1.807) is 0 Å². The first kappa shape index (κ1) is 47.0. The van der Waals surface area contributed by atoms with Crippen LogP contribution in [0.1, 0.15) is 0 Å². The van der Waals surface area contributed by atoms with Crippen LogP contribution >= 0.6 is 0 Å². The van der Waals surface area contributed by atoms with Crippen LogP contribution in [0, 0.1) is 0 Å². The van der Waals surface area contributed by atoms with Crippen LogP contribution in [0.3, 0.4) is 0 Å². The predicted octanol–water partition coefficient (Wildman–Crippen LogP) is 18.7. The summed E-state index contributed by atoms with van der Waals surface area (Å²) in [5.74, 6) is 14.8. The number of hydrogen-bond acceptors (Lipinski definition) is 2. The summed E-state index contributed by atoms with van der Waals surface area (Å²) in [6, 6.07) is 94.3. The summed E-state index contributed by atoms with van der Waals surface area (Å²) in [5.41, 5.74) is 16.5. The van der Waals surface area contributed by atoms with Crippen LogP contribution < -0.4 is 18.6 Å². The van der Waals surface area contributed by atoms with Gasteiger partial charge in [-0.05, 0) is 0 Å². The summed E-state index contributed by atoms with van der Waals surface area (Å²) < 4.78 is 3.00. The maximum absolute atomic E-state index is 2.46. The van der Waals surface area contributed by atoms with E-state index in [4.69, 9.17) is 0 Å². The molecule has 11 rings (SSSR count). The van der Waals surface area contributed by atoms with Crippen LogP contribution in [-0.2, 0) is 0 Å². The quantitative estimate of drug-likeness (QED) is 0.0889. The Bertz CT molecular complexity index is 3330. The van der Waals surface area contributed by atoms with Crippen LogP contribution in [0.5, 0.6) is 0 Å². The molecule has 0 radical (unpaired) electrons. The van der Waals surface area contributed by atoms with Crippen LogP contribution in [0.2, 0.25) is 34.5 Å². The van der Waals surface area contributed by atoms with Gasteiger partial charge in [0.1, 0.15) is 0 Å². The van der Waals surface area contributed by atoms with Crippen molar-refractivity contribution in [3.05, 3.63) is 255 Å². The molecule has 11 aromatic carbocycles. The first-order valence-corrected chi connectivity index (χ1v) is 39.9. The van der Waals surface area contributed by atoms with E-state index in [1.807, 2.05) is 0 Å². The number of anilines is 6. The Labute approximate surface area is 431 Å². The van der Waals surface area contributed by atoms with Gasteiger partial charge in [-0.2, -0.15) is 0 Å². The molecule has 350 valence electrons. The standard InChI is InChI=1S/C68H60Ge2N2/c1-69(2,3)55-33-45-61(46-34-55)71(57-37-25-51(26-38-57)49-17-9-7-10-18-49)59-41-29-53(30-42-59)67-63-21-13-15-23-65(63)68(66-24-16-14-22-64(66)67)54-31-43-60(44-32-54)72(62-47-35-56(36-48-62)70(4,5)6)58-39-27-52(28-40-58)50-19-11-8-12-20-50/h7-48H,1-6H3. The van der Waals surface area contributed by atoms with Gasteiger partial charge in [-0.15, -0.1) is 0 Å². The normalized spacial score (nSPS) is 11.8. The van der Waals surface area contributed by atoms with Crippen molar-refractivity contribution in [3.63, 3.8) is 0 Å². The van der Waals surface area contributed by atoms with Crippen molar-refractivity contribution in [1.29, 1.82) is 0 Å². The fraction of sp³-hybridized carbons (Fsp3) is 0.0882. The molecule has 0 bridgehead atoms. The third-order valence-electron chi connectivity index (χ3n) is 14.2. The van der Waals surface area contributed by atoms with Gasteiger partial charge in [-0.1, -0.05) is 36.4 Å². The van der Waals surface area contributed by atoms with Crippen molar-refractivity contribution < 1.29 is 0 Å². The van der Waals surface area contributed by atoms with Gasteiger partial charge < -0.3 is 0 Å². The van der Waals surface area contributed by atoms with Crippen LogP contribution in [0.4, 0.5) is 34.1 Å². The van der Waals surface area contributed by atoms with E-state index < -0.39 is 26.5 Å². The number of benzene rings is 11. The Hall–Kier alpha value is -7.37. The second-order valence-electron chi connectivity index (χ2n) is 21.0. The zero-order valence-electron chi connectivity index (χ0n) is 42.1. The van der Waals surface area contributed by atoms with Gasteiger partial charge in [0.25, 0.3) is 0 Å². The Kier molecular flexibility index (Phi) is 12.8. The van der Waals surface area contributed by atoms with Crippen LogP contribution in [0.25, 0.3) is 66.1 Å². The van der Waals surface area contributed by atoms with E-state index in [9.17, 15) is 0 Å². The van der Waals surface area contributed by atoms with Crippen LogP contribution in [-0.4, -0.2) is 26.5 Å². The molecule has 0 saturated heterocycles. The first-order valence-electron chi connectivity index (χ1n) is 25.2. The van der Waals surface area contributed by atoms with Crippen molar-refractivity contribution in [2.45, 2.75) is 34.5 Å². The van der Waals surface area contributed by atoms with E-state index >= 15 is 0 Å². The fourth-order valence-corrected chi connectivity index (χ4v) is 15.2. The molecule has 0 atom stereocenters. The Morgan fingerprint density at radius 3 is 0.667 bits per heavy atom. The summed E-state index contributed by atoms with van der Waals surface area (Å²) in [6.45, 7) is 0. The molecule has 0 aromatic heterocycles. The van der Waals surface area contributed by atoms with E-state index in [2.05, 4.69) is 299 Å². The van der Waals surface area contributed by atoms with Crippen LogP contribution in [0.15, 0.2) is 255 Å². The summed E-state index contributed by atoms with van der Waals surface area (Å²) in [6.07, 6.45) is 0.